The Kier molecular flexibility index (Phi) is 6.83. The van der Waals surface area contributed by atoms with Gasteiger partial charge in [0.2, 0.25) is 11.8 Å². The molecule has 19 heavy (non-hydrogen) atoms. The van der Waals surface area contributed by atoms with Crippen LogP contribution in [0.3, 0.4) is 0 Å². The summed E-state index contributed by atoms with van der Waals surface area (Å²) >= 11 is 5.81. The van der Waals surface area contributed by atoms with Crippen molar-refractivity contribution in [3.05, 3.63) is 28.8 Å². The van der Waals surface area contributed by atoms with Crippen molar-refractivity contribution in [2.75, 3.05) is 5.32 Å². The maximum Gasteiger partial charge on any atom is 0.250 e. The number of anilines is 1. The number of nitrogens with two attached hydrogens (primary N) is 2. The Balaban J connectivity index is 0.00000324. The van der Waals surface area contributed by atoms with E-state index < -0.39 is 5.91 Å². The lowest BCUT2D eigenvalue weighted by molar-refractivity contribution is -0.119. The highest BCUT2D eigenvalue weighted by Crippen LogP contribution is 2.20. The second-order valence-corrected chi connectivity index (χ2v) is 4.60. The summed E-state index contributed by atoms with van der Waals surface area (Å²) in [5.74, 6) is -1.20. The molecule has 0 bridgehead atoms. The molecular weight excluding hydrogens is 289 g/mol. The summed E-state index contributed by atoms with van der Waals surface area (Å²) in [5.41, 5.74) is 11.4. The predicted octanol–water partition coefficient (Wildman–Crippen LogP) is 1.78. The van der Waals surface area contributed by atoms with Crippen molar-refractivity contribution in [2.24, 2.45) is 17.4 Å². The number of carbonyl (C=O) groups is 2. The van der Waals surface area contributed by atoms with Crippen molar-refractivity contribution < 1.29 is 9.59 Å². The van der Waals surface area contributed by atoms with E-state index in [1.54, 1.807) is 19.9 Å². The molecule has 2 atom stereocenters. The van der Waals surface area contributed by atoms with Gasteiger partial charge in [-0.15, -0.1) is 12.4 Å². The highest BCUT2D eigenvalue weighted by atomic mass is 35.5. The molecule has 0 radical (unpaired) electrons. The SMILES string of the molecule is CC(N)C(C)C(=O)Nc1ccc(Cl)c(C(N)=O)c1.Cl. The minimum atomic E-state index is -0.642. The van der Waals surface area contributed by atoms with Crippen molar-refractivity contribution in [3.63, 3.8) is 0 Å². The zero-order chi connectivity index (χ0) is 13.9. The Hall–Kier alpha value is -1.30. The van der Waals surface area contributed by atoms with Crippen molar-refractivity contribution >= 4 is 41.5 Å². The van der Waals surface area contributed by atoms with E-state index in [1.165, 1.54) is 12.1 Å². The Morgan fingerprint density at radius 1 is 1.32 bits per heavy atom. The lowest BCUT2D eigenvalue weighted by atomic mass is 10.0. The van der Waals surface area contributed by atoms with Gasteiger partial charge in [-0.25, -0.2) is 0 Å². The minimum absolute atomic E-state index is 0. The third kappa shape index (κ3) is 4.70. The second kappa shape index (κ2) is 7.33. The number of rotatable bonds is 4. The van der Waals surface area contributed by atoms with E-state index in [9.17, 15) is 9.59 Å². The Bertz CT molecular complexity index is 478. The molecule has 0 aliphatic carbocycles. The topological polar surface area (TPSA) is 98.2 Å². The molecule has 1 aromatic carbocycles. The smallest absolute Gasteiger partial charge is 0.250 e. The highest BCUT2D eigenvalue weighted by Gasteiger charge is 2.17. The number of amides is 2. The fraction of sp³-hybridized carbons (Fsp3) is 0.333. The highest BCUT2D eigenvalue weighted by molar-refractivity contribution is 6.34. The molecule has 5 N–H and O–H groups in total. The van der Waals surface area contributed by atoms with Crippen LogP contribution in [0.25, 0.3) is 0 Å². The van der Waals surface area contributed by atoms with Crippen LogP contribution in [-0.2, 0) is 4.79 Å². The molecule has 106 valence electrons. The van der Waals surface area contributed by atoms with Gasteiger partial charge >= 0.3 is 0 Å². The van der Waals surface area contributed by atoms with Crippen molar-refractivity contribution in [3.8, 4) is 0 Å². The number of halogens is 2. The molecule has 0 heterocycles. The Morgan fingerprint density at radius 3 is 2.37 bits per heavy atom. The van der Waals surface area contributed by atoms with Gasteiger partial charge in [0.1, 0.15) is 0 Å². The fourth-order valence-corrected chi connectivity index (χ4v) is 1.50. The number of benzene rings is 1. The minimum Gasteiger partial charge on any atom is -0.366 e. The fourth-order valence-electron chi connectivity index (χ4n) is 1.29. The standard InChI is InChI=1S/C12H16ClN3O2.ClH/c1-6(7(2)14)12(18)16-8-3-4-10(13)9(5-8)11(15)17;/h3-7H,14H2,1-2H3,(H2,15,17)(H,16,18);1H. The van der Waals surface area contributed by atoms with Crippen LogP contribution in [0, 0.1) is 5.92 Å². The normalized spacial score (nSPS) is 13.1. The van der Waals surface area contributed by atoms with Crippen molar-refractivity contribution in [2.45, 2.75) is 19.9 Å². The number of carbonyl (C=O) groups excluding carboxylic acids is 2. The lowest BCUT2D eigenvalue weighted by Crippen LogP contribution is -2.34. The molecule has 2 unspecified atom stereocenters. The maximum atomic E-state index is 11.8. The van der Waals surface area contributed by atoms with E-state index in [0.29, 0.717) is 5.69 Å². The molecule has 0 aromatic heterocycles. The molecule has 0 aliphatic rings. The summed E-state index contributed by atoms with van der Waals surface area (Å²) in [7, 11) is 0. The molecule has 1 rings (SSSR count). The van der Waals surface area contributed by atoms with Gasteiger partial charge in [0, 0.05) is 11.7 Å². The van der Waals surface area contributed by atoms with E-state index in [2.05, 4.69) is 5.32 Å². The van der Waals surface area contributed by atoms with E-state index in [-0.39, 0.29) is 40.9 Å². The molecule has 0 aliphatic heterocycles. The van der Waals surface area contributed by atoms with Crippen LogP contribution in [0.15, 0.2) is 18.2 Å². The summed E-state index contributed by atoms with van der Waals surface area (Å²) in [6.45, 7) is 3.48. The molecule has 0 fully saturated rings. The van der Waals surface area contributed by atoms with Crippen molar-refractivity contribution in [1.29, 1.82) is 0 Å². The van der Waals surface area contributed by atoms with E-state index in [0.717, 1.165) is 0 Å². The Labute approximate surface area is 123 Å². The zero-order valence-corrected chi connectivity index (χ0v) is 12.2. The van der Waals surface area contributed by atoms with Gasteiger partial charge in [-0.2, -0.15) is 0 Å². The molecule has 1 aromatic rings. The monoisotopic (exact) mass is 305 g/mol. The average Bonchev–Trinajstić information content (AvgIpc) is 2.29. The van der Waals surface area contributed by atoms with Gasteiger partial charge < -0.3 is 16.8 Å². The second-order valence-electron chi connectivity index (χ2n) is 4.20. The first-order valence-electron chi connectivity index (χ1n) is 5.48. The average molecular weight is 306 g/mol. The van der Waals surface area contributed by atoms with E-state index >= 15 is 0 Å². The van der Waals surface area contributed by atoms with Gasteiger partial charge in [-0.1, -0.05) is 18.5 Å². The molecule has 7 heteroatoms. The first kappa shape index (κ1) is 17.7. The van der Waals surface area contributed by atoms with Crippen LogP contribution in [0.2, 0.25) is 5.02 Å². The van der Waals surface area contributed by atoms with Crippen LogP contribution in [-0.4, -0.2) is 17.9 Å². The number of nitrogens with one attached hydrogen (secondary N) is 1. The molecule has 0 saturated heterocycles. The molecule has 5 nitrogen and oxygen atoms in total. The maximum absolute atomic E-state index is 11.8. The third-order valence-corrected chi connectivity index (χ3v) is 3.03. The number of hydrogen-bond donors (Lipinski definition) is 3. The van der Waals surface area contributed by atoms with Gasteiger partial charge in [0.05, 0.1) is 16.5 Å². The van der Waals surface area contributed by atoms with Crippen LogP contribution in [0.4, 0.5) is 5.69 Å². The van der Waals surface area contributed by atoms with Gasteiger partial charge in [-0.05, 0) is 25.1 Å². The third-order valence-electron chi connectivity index (χ3n) is 2.70. The summed E-state index contributed by atoms with van der Waals surface area (Å²) in [6.07, 6.45) is 0. The molecule has 0 spiro atoms. The summed E-state index contributed by atoms with van der Waals surface area (Å²) in [5, 5.41) is 2.91. The van der Waals surface area contributed by atoms with Crippen molar-refractivity contribution in [1.82, 2.24) is 0 Å². The zero-order valence-electron chi connectivity index (χ0n) is 10.6. The van der Waals surface area contributed by atoms with E-state index in [1.807, 2.05) is 0 Å². The van der Waals surface area contributed by atoms with Gasteiger partial charge in [0.15, 0.2) is 0 Å². The first-order valence-corrected chi connectivity index (χ1v) is 5.86. The van der Waals surface area contributed by atoms with Crippen LogP contribution in [0.1, 0.15) is 24.2 Å². The number of primary amides is 1. The number of hydrogen-bond acceptors (Lipinski definition) is 3. The predicted molar refractivity (Wildman–Crippen MR) is 78.7 cm³/mol. The van der Waals surface area contributed by atoms with Crippen LogP contribution < -0.4 is 16.8 Å². The lowest BCUT2D eigenvalue weighted by Gasteiger charge is -2.15. The largest absolute Gasteiger partial charge is 0.366 e. The van der Waals surface area contributed by atoms with Crippen LogP contribution in [0.5, 0.6) is 0 Å². The van der Waals surface area contributed by atoms with Crippen LogP contribution >= 0.6 is 24.0 Å². The summed E-state index contributed by atoms with van der Waals surface area (Å²) < 4.78 is 0. The first-order chi connectivity index (χ1) is 8.32. The Morgan fingerprint density at radius 2 is 1.89 bits per heavy atom. The molecule has 2 amide bonds. The molecule has 0 saturated carbocycles. The summed E-state index contributed by atoms with van der Waals surface area (Å²) in [4.78, 5) is 22.9. The van der Waals surface area contributed by atoms with Gasteiger partial charge in [-0.3, -0.25) is 9.59 Å². The van der Waals surface area contributed by atoms with E-state index in [4.69, 9.17) is 23.1 Å². The quantitative estimate of drug-likeness (QED) is 0.790. The summed E-state index contributed by atoms with van der Waals surface area (Å²) in [6, 6.07) is 4.29. The molecular formula is C12H17Cl2N3O2. The van der Waals surface area contributed by atoms with Gasteiger partial charge in [0.25, 0.3) is 0 Å².